The molecule has 1 aromatic rings. The second-order valence-electron chi connectivity index (χ2n) is 3.77. The summed E-state index contributed by atoms with van der Waals surface area (Å²) in [6, 6.07) is 2.45. The van der Waals surface area contributed by atoms with E-state index in [2.05, 4.69) is 24.5 Å². The third-order valence-electron chi connectivity index (χ3n) is 1.94. The summed E-state index contributed by atoms with van der Waals surface area (Å²) in [7, 11) is 0. The monoisotopic (exact) mass is 226 g/mol. The van der Waals surface area contributed by atoms with Crippen LogP contribution in [0.15, 0.2) is 16.8 Å². The van der Waals surface area contributed by atoms with Crippen LogP contribution in [-0.4, -0.2) is 25.0 Å². The summed E-state index contributed by atoms with van der Waals surface area (Å²) < 4.78 is 0. The van der Waals surface area contributed by atoms with Gasteiger partial charge < -0.3 is 10.6 Å². The van der Waals surface area contributed by atoms with Gasteiger partial charge in [-0.15, -0.1) is 0 Å². The fourth-order valence-electron chi connectivity index (χ4n) is 1.20. The van der Waals surface area contributed by atoms with Crippen LogP contribution in [0.4, 0.5) is 0 Å². The first kappa shape index (κ1) is 12.2. The minimum atomic E-state index is 0.0963. The molecule has 1 aromatic heterocycles. The Morgan fingerprint density at radius 1 is 1.47 bits per heavy atom. The molecule has 0 aliphatic heterocycles. The van der Waals surface area contributed by atoms with E-state index in [0.717, 1.165) is 12.1 Å². The van der Waals surface area contributed by atoms with Crippen LogP contribution in [0.2, 0.25) is 0 Å². The van der Waals surface area contributed by atoms with Crippen molar-refractivity contribution in [3.63, 3.8) is 0 Å². The Kier molecular flexibility index (Phi) is 5.36. The molecule has 0 atom stereocenters. The van der Waals surface area contributed by atoms with Gasteiger partial charge >= 0.3 is 0 Å². The van der Waals surface area contributed by atoms with Crippen molar-refractivity contribution in [2.24, 2.45) is 0 Å². The second kappa shape index (κ2) is 6.58. The van der Waals surface area contributed by atoms with Crippen LogP contribution >= 0.6 is 11.3 Å². The van der Waals surface area contributed by atoms with E-state index in [1.54, 1.807) is 11.3 Å². The van der Waals surface area contributed by atoms with E-state index < -0.39 is 0 Å². The normalized spacial score (nSPS) is 10.6. The highest BCUT2D eigenvalue weighted by Gasteiger charge is 2.02. The third kappa shape index (κ3) is 5.54. The molecule has 0 aliphatic rings. The Labute approximate surface area is 94.9 Å². The second-order valence-corrected chi connectivity index (χ2v) is 4.55. The van der Waals surface area contributed by atoms with Gasteiger partial charge in [-0.1, -0.05) is 13.8 Å². The highest BCUT2D eigenvalue weighted by Crippen LogP contribution is 2.05. The molecule has 0 aromatic carbocycles. The molecular weight excluding hydrogens is 208 g/mol. The van der Waals surface area contributed by atoms with Crippen LogP contribution in [0.25, 0.3) is 0 Å². The summed E-state index contributed by atoms with van der Waals surface area (Å²) in [6.45, 7) is 5.70. The van der Waals surface area contributed by atoms with Crippen LogP contribution in [-0.2, 0) is 11.2 Å². The molecule has 15 heavy (non-hydrogen) atoms. The van der Waals surface area contributed by atoms with E-state index in [9.17, 15) is 4.79 Å². The number of rotatable bonds is 6. The van der Waals surface area contributed by atoms with Crippen LogP contribution in [0.1, 0.15) is 19.4 Å². The van der Waals surface area contributed by atoms with Crippen molar-refractivity contribution in [2.75, 3.05) is 13.1 Å². The Morgan fingerprint density at radius 2 is 2.27 bits per heavy atom. The third-order valence-corrected chi connectivity index (χ3v) is 2.68. The van der Waals surface area contributed by atoms with E-state index in [1.807, 2.05) is 16.8 Å². The van der Waals surface area contributed by atoms with Crippen molar-refractivity contribution < 1.29 is 4.79 Å². The lowest BCUT2D eigenvalue weighted by Gasteiger charge is -2.08. The smallest absolute Gasteiger partial charge is 0.224 e. The van der Waals surface area contributed by atoms with Crippen LogP contribution in [0, 0.1) is 0 Å². The van der Waals surface area contributed by atoms with Crippen molar-refractivity contribution in [3.05, 3.63) is 22.4 Å². The molecule has 4 heteroatoms. The molecule has 84 valence electrons. The predicted molar refractivity (Wildman–Crippen MR) is 64.2 cm³/mol. The van der Waals surface area contributed by atoms with E-state index in [4.69, 9.17) is 0 Å². The molecule has 0 radical (unpaired) electrons. The standard InChI is InChI=1S/C11H18N2OS/c1-9(2)12-4-5-13-11(14)7-10-3-6-15-8-10/h3,6,8-9,12H,4-5,7H2,1-2H3,(H,13,14). The van der Waals surface area contributed by atoms with Gasteiger partial charge in [-0.2, -0.15) is 11.3 Å². The lowest BCUT2D eigenvalue weighted by molar-refractivity contribution is -0.120. The fraction of sp³-hybridized carbons (Fsp3) is 0.545. The maximum Gasteiger partial charge on any atom is 0.224 e. The van der Waals surface area contributed by atoms with Gasteiger partial charge in [-0.05, 0) is 22.4 Å². The zero-order valence-corrected chi connectivity index (χ0v) is 10.1. The maximum atomic E-state index is 11.4. The topological polar surface area (TPSA) is 41.1 Å². The average molecular weight is 226 g/mol. The summed E-state index contributed by atoms with van der Waals surface area (Å²) in [4.78, 5) is 11.4. The summed E-state index contributed by atoms with van der Waals surface area (Å²) >= 11 is 1.62. The molecule has 1 heterocycles. The summed E-state index contributed by atoms with van der Waals surface area (Å²) in [6.07, 6.45) is 0.491. The SMILES string of the molecule is CC(C)NCCNC(=O)Cc1ccsc1. The molecule has 0 spiro atoms. The van der Waals surface area contributed by atoms with Crippen molar-refractivity contribution >= 4 is 17.2 Å². The molecule has 2 N–H and O–H groups in total. The molecule has 1 rings (SSSR count). The Hall–Kier alpha value is -0.870. The first-order chi connectivity index (χ1) is 7.18. The van der Waals surface area contributed by atoms with E-state index in [0.29, 0.717) is 19.0 Å². The lowest BCUT2D eigenvalue weighted by atomic mass is 10.2. The molecule has 0 unspecified atom stereocenters. The van der Waals surface area contributed by atoms with Gasteiger partial charge in [0.05, 0.1) is 6.42 Å². The van der Waals surface area contributed by atoms with Gasteiger partial charge in [0, 0.05) is 19.1 Å². The Morgan fingerprint density at radius 3 is 2.87 bits per heavy atom. The van der Waals surface area contributed by atoms with Crippen molar-refractivity contribution in [3.8, 4) is 0 Å². The van der Waals surface area contributed by atoms with Crippen LogP contribution in [0.5, 0.6) is 0 Å². The highest BCUT2D eigenvalue weighted by molar-refractivity contribution is 7.07. The summed E-state index contributed by atoms with van der Waals surface area (Å²) in [5.74, 6) is 0.0963. The van der Waals surface area contributed by atoms with E-state index in [1.165, 1.54) is 0 Å². The van der Waals surface area contributed by atoms with Crippen molar-refractivity contribution in [1.82, 2.24) is 10.6 Å². The maximum absolute atomic E-state index is 11.4. The lowest BCUT2D eigenvalue weighted by Crippen LogP contribution is -2.35. The van der Waals surface area contributed by atoms with Crippen LogP contribution in [0.3, 0.4) is 0 Å². The van der Waals surface area contributed by atoms with Gasteiger partial charge in [-0.25, -0.2) is 0 Å². The zero-order chi connectivity index (χ0) is 11.1. The minimum Gasteiger partial charge on any atom is -0.355 e. The minimum absolute atomic E-state index is 0.0963. The molecule has 1 amide bonds. The molecule has 0 aliphatic carbocycles. The van der Waals surface area contributed by atoms with Gasteiger partial charge in [0.25, 0.3) is 0 Å². The van der Waals surface area contributed by atoms with Gasteiger partial charge in [-0.3, -0.25) is 4.79 Å². The Bertz CT molecular complexity index is 283. The van der Waals surface area contributed by atoms with Crippen molar-refractivity contribution in [2.45, 2.75) is 26.3 Å². The Balaban J connectivity index is 2.09. The number of hydrogen-bond acceptors (Lipinski definition) is 3. The van der Waals surface area contributed by atoms with Gasteiger partial charge in [0.15, 0.2) is 0 Å². The molecular formula is C11H18N2OS. The largest absolute Gasteiger partial charge is 0.355 e. The predicted octanol–water partition coefficient (Wildman–Crippen LogP) is 1.40. The average Bonchev–Trinajstić information content (AvgIpc) is 2.64. The number of nitrogens with one attached hydrogen (secondary N) is 2. The summed E-state index contributed by atoms with van der Waals surface area (Å²) in [5.41, 5.74) is 1.09. The number of carbonyl (C=O) groups is 1. The van der Waals surface area contributed by atoms with E-state index in [-0.39, 0.29) is 5.91 Å². The summed E-state index contributed by atoms with van der Waals surface area (Å²) in [5, 5.41) is 10.1. The van der Waals surface area contributed by atoms with Gasteiger partial charge in [0.1, 0.15) is 0 Å². The zero-order valence-electron chi connectivity index (χ0n) is 9.25. The van der Waals surface area contributed by atoms with Crippen molar-refractivity contribution in [1.29, 1.82) is 0 Å². The molecule has 0 bridgehead atoms. The molecule has 0 saturated carbocycles. The number of hydrogen-bond donors (Lipinski definition) is 2. The highest BCUT2D eigenvalue weighted by atomic mass is 32.1. The fourth-order valence-corrected chi connectivity index (χ4v) is 1.87. The first-order valence-corrected chi connectivity index (χ1v) is 6.14. The molecule has 3 nitrogen and oxygen atoms in total. The molecule has 0 fully saturated rings. The quantitative estimate of drug-likeness (QED) is 0.720. The van der Waals surface area contributed by atoms with E-state index >= 15 is 0 Å². The molecule has 0 saturated heterocycles. The van der Waals surface area contributed by atoms with Crippen LogP contribution < -0.4 is 10.6 Å². The first-order valence-electron chi connectivity index (χ1n) is 5.19. The number of thiophene rings is 1. The van der Waals surface area contributed by atoms with Gasteiger partial charge in [0.2, 0.25) is 5.91 Å². The number of amides is 1. The number of carbonyl (C=O) groups excluding carboxylic acids is 1.